The summed E-state index contributed by atoms with van der Waals surface area (Å²) in [5, 5.41) is 9.82. The number of rotatable bonds is 5. The van der Waals surface area contributed by atoms with E-state index in [0.29, 0.717) is 0 Å². The Morgan fingerprint density at radius 3 is 2.52 bits per heavy atom. The number of carbonyl (C=O) groups is 1. The van der Waals surface area contributed by atoms with Gasteiger partial charge in [-0.25, -0.2) is 0 Å². The molecule has 25 heavy (non-hydrogen) atoms. The Balaban J connectivity index is 2.21. The van der Waals surface area contributed by atoms with Gasteiger partial charge in [0.1, 0.15) is 0 Å². The molecule has 2 unspecified atom stereocenters. The van der Waals surface area contributed by atoms with Crippen molar-refractivity contribution in [3.05, 3.63) is 71.3 Å². The lowest BCUT2D eigenvalue weighted by atomic mass is 9.62. The molecule has 0 fully saturated rings. The lowest BCUT2D eigenvalue weighted by Crippen LogP contribution is -2.49. The van der Waals surface area contributed by atoms with Crippen molar-refractivity contribution >= 4 is 5.91 Å². The average Bonchev–Trinajstić information content (AvgIpc) is 2.67. The van der Waals surface area contributed by atoms with Gasteiger partial charge in [-0.2, -0.15) is 0 Å². The first-order valence-electron chi connectivity index (χ1n) is 9.16. The van der Waals surface area contributed by atoms with Gasteiger partial charge in [-0.1, -0.05) is 61.5 Å². The van der Waals surface area contributed by atoms with Gasteiger partial charge in [0.25, 0.3) is 0 Å². The minimum absolute atomic E-state index is 0.109. The summed E-state index contributed by atoms with van der Waals surface area (Å²) in [5.41, 5.74) is 2.55. The number of fused-ring (bicyclic) bond motifs is 1. The molecule has 1 aliphatic rings. The largest absolute Gasteiger partial charge is 0.396 e. The average molecular weight is 337 g/mol. The van der Waals surface area contributed by atoms with E-state index in [1.807, 2.05) is 42.3 Å². The Labute approximate surface area is 150 Å². The lowest BCUT2D eigenvalue weighted by molar-refractivity contribution is -0.135. The highest BCUT2D eigenvalue weighted by atomic mass is 16.3. The van der Waals surface area contributed by atoms with Crippen LogP contribution in [0.5, 0.6) is 0 Å². The molecule has 0 saturated heterocycles. The summed E-state index contributed by atoms with van der Waals surface area (Å²) in [6.07, 6.45) is 2.48. The van der Waals surface area contributed by atoms with E-state index < -0.39 is 5.41 Å². The van der Waals surface area contributed by atoms with Crippen molar-refractivity contribution in [1.29, 1.82) is 0 Å². The van der Waals surface area contributed by atoms with Crippen molar-refractivity contribution in [2.45, 2.75) is 37.5 Å². The number of likely N-dealkylation sites (N-methyl/N-ethyl adjacent to an activating group) is 1. The van der Waals surface area contributed by atoms with Crippen LogP contribution in [0, 0.1) is 0 Å². The third-order valence-electron chi connectivity index (χ3n) is 5.49. The van der Waals surface area contributed by atoms with Crippen LogP contribution in [0.4, 0.5) is 0 Å². The van der Waals surface area contributed by atoms with Crippen LogP contribution in [0.25, 0.3) is 0 Å². The minimum Gasteiger partial charge on any atom is -0.396 e. The topological polar surface area (TPSA) is 40.5 Å². The van der Waals surface area contributed by atoms with E-state index in [-0.39, 0.29) is 18.4 Å². The highest BCUT2D eigenvalue weighted by molar-refractivity contribution is 5.93. The van der Waals surface area contributed by atoms with Crippen molar-refractivity contribution in [2.75, 3.05) is 20.2 Å². The van der Waals surface area contributed by atoms with Gasteiger partial charge in [0.15, 0.2) is 0 Å². The predicted octanol–water partition coefficient (Wildman–Crippen LogP) is 3.71. The summed E-state index contributed by atoms with van der Waals surface area (Å²) in [5.74, 6) is 0.265. The Hall–Kier alpha value is -2.13. The van der Waals surface area contributed by atoms with Gasteiger partial charge in [-0.15, -0.1) is 0 Å². The summed E-state index contributed by atoms with van der Waals surface area (Å²) >= 11 is 0. The molecule has 0 radical (unpaired) electrons. The molecule has 1 amide bonds. The molecule has 0 saturated carbocycles. The Bertz CT molecular complexity index is 728. The molecule has 3 rings (SSSR count). The van der Waals surface area contributed by atoms with Gasteiger partial charge in [0.05, 0.1) is 5.41 Å². The van der Waals surface area contributed by atoms with Crippen molar-refractivity contribution in [2.24, 2.45) is 0 Å². The van der Waals surface area contributed by atoms with Crippen LogP contribution in [0.2, 0.25) is 0 Å². The van der Waals surface area contributed by atoms with Crippen LogP contribution in [-0.2, 0) is 10.2 Å². The SMILES string of the molecule is CCCN(C)C(=O)C1(c2ccccc2)CCC(CO)c2ccccc21. The third-order valence-corrected chi connectivity index (χ3v) is 5.49. The van der Waals surface area contributed by atoms with Crippen molar-refractivity contribution in [3.63, 3.8) is 0 Å². The van der Waals surface area contributed by atoms with E-state index in [0.717, 1.165) is 42.5 Å². The molecule has 0 aliphatic heterocycles. The fraction of sp³-hybridized carbons (Fsp3) is 0.409. The van der Waals surface area contributed by atoms with Gasteiger partial charge in [-0.3, -0.25) is 4.79 Å². The molecule has 0 aromatic heterocycles. The third kappa shape index (κ3) is 2.98. The number of hydrogen-bond donors (Lipinski definition) is 1. The molecule has 0 bridgehead atoms. The molecule has 0 heterocycles. The molecular formula is C22H27NO2. The monoisotopic (exact) mass is 337 g/mol. The van der Waals surface area contributed by atoms with Crippen LogP contribution in [0.3, 0.4) is 0 Å². The number of aliphatic hydroxyl groups excluding tert-OH is 1. The fourth-order valence-electron chi connectivity index (χ4n) is 4.24. The highest BCUT2D eigenvalue weighted by Gasteiger charge is 2.47. The second-order valence-corrected chi connectivity index (χ2v) is 7.00. The van der Waals surface area contributed by atoms with E-state index in [2.05, 4.69) is 31.2 Å². The number of nitrogens with zero attached hydrogens (tertiary/aromatic N) is 1. The smallest absolute Gasteiger partial charge is 0.237 e. The van der Waals surface area contributed by atoms with Crippen molar-refractivity contribution in [1.82, 2.24) is 4.90 Å². The second kappa shape index (κ2) is 7.40. The first-order chi connectivity index (χ1) is 12.1. The van der Waals surface area contributed by atoms with E-state index in [4.69, 9.17) is 0 Å². The van der Waals surface area contributed by atoms with E-state index in [1.165, 1.54) is 0 Å². The number of amides is 1. The molecule has 2 aromatic carbocycles. The quantitative estimate of drug-likeness (QED) is 0.903. The van der Waals surface area contributed by atoms with Crippen molar-refractivity contribution in [3.8, 4) is 0 Å². The Kier molecular flexibility index (Phi) is 5.24. The summed E-state index contributed by atoms with van der Waals surface area (Å²) in [6.45, 7) is 2.97. The minimum atomic E-state index is -0.659. The number of hydrogen-bond acceptors (Lipinski definition) is 2. The standard InChI is InChI=1S/C22H27NO2/c1-3-15-23(2)21(25)22(18-9-5-4-6-10-18)14-13-17(16-24)19-11-7-8-12-20(19)22/h4-12,17,24H,3,13-16H2,1-2H3. The van der Waals surface area contributed by atoms with Gasteiger partial charge >= 0.3 is 0 Å². The second-order valence-electron chi connectivity index (χ2n) is 7.00. The first kappa shape index (κ1) is 17.7. The normalized spacial score (nSPS) is 22.3. The lowest BCUT2D eigenvalue weighted by Gasteiger charge is -2.43. The molecule has 1 N–H and O–H groups in total. The molecular weight excluding hydrogens is 310 g/mol. The zero-order valence-electron chi connectivity index (χ0n) is 15.1. The van der Waals surface area contributed by atoms with E-state index in [9.17, 15) is 9.90 Å². The molecule has 1 aliphatic carbocycles. The number of aliphatic hydroxyl groups is 1. The maximum absolute atomic E-state index is 13.6. The molecule has 132 valence electrons. The predicted molar refractivity (Wildman–Crippen MR) is 101 cm³/mol. The van der Waals surface area contributed by atoms with Crippen molar-refractivity contribution < 1.29 is 9.90 Å². The van der Waals surface area contributed by atoms with Gasteiger partial charge in [-0.05, 0) is 36.0 Å². The molecule has 2 atom stereocenters. The summed E-state index contributed by atoms with van der Waals surface area (Å²) in [4.78, 5) is 15.5. The fourth-order valence-corrected chi connectivity index (χ4v) is 4.24. The van der Waals surface area contributed by atoms with Crippen LogP contribution in [0.1, 0.15) is 48.8 Å². The number of benzene rings is 2. The maximum Gasteiger partial charge on any atom is 0.237 e. The highest BCUT2D eigenvalue weighted by Crippen LogP contribution is 2.47. The Morgan fingerprint density at radius 1 is 1.16 bits per heavy atom. The molecule has 3 heteroatoms. The maximum atomic E-state index is 13.6. The van der Waals surface area contributed by atoms with Crippen LogP contribution >= 0.6 is 0 Å². The summed E-state index contributed by atoms with van der Waals surface area (Å²) in [7, 11) is 1.90. The zero-order chi connectivity index (χ0) is 17.9. The first-order valence-corrected chi connectivity index (χ1v) is 9.16. The molecule has 2 aromatic rings. The van der Waals surface area contributed by atoms with Gasteiger partial charge in [0.2, 0.25) is 5.91 Å². The Morgan fingerprint density at radius 2 is 1.84 bits per heavy atom. The zero-order valence-corrected chi connectivity index (χ0v) is 15.1. The van der Waals surface area contributed by atoms with Crippen LogP contribution in [-0.4, -0.2) is 36.1 Å². The van der Waals surface area contributed by atoms with E-state index in [1.54, 1.807) is 0 Å². The van der Waals surface area contributed by atoms with Gasteiger partial charge in [0, 0.05) is 26.1 Å². The molecule has 0 spiro atoms. The number of carbonyl (C=O) groups excluding carboxylic acids is 1. The summed E-state index contributed by atoms with van der Waals surface area (Å²) in [6, 6.07) is 18.3. The van der Waals surface area contributed by atoms with Crippen LogP contribution in [0.15, 0.2) is 54.6 Å². The van der Waals surface area contributed by atoms with Crippen LogP contribution < -0.4 is 0 Å². The summed E-state index contributed by atoms with van der Waals surface area (Å²) < 4.78 is 0. The van der Waals surface area contributed by atoms with Gasteiger partial charge < -0.3 is 10.0 Å². The van der Waals surface area contributed by atoms with E-state index >= 15 is 0 Å². The molecule has 3 nitrogen and oxygen atoms in total.